The number of carbonyl (C=O) groups is 1. The van der Waals surface area contributed by atoms with Crippen molar-refractivity contribution in [2.24, 2.45) is 5.73 Å². The van der Waals surface area contributed by atoms with Gasteiger partial charge < -0.3 is 15.8 Å². The largest absolute Gasteiger partial charge is 0.481 e. The lowest BCUT2D eigenvalue weighted by molar-refractivity contribution is -0.128. The Morgan fingerprint density at radius 3 is 2.71 bits per heavy atom. The second-order valence-corrected chi connectivity index (χ2v) is 5.41. The van der Waals surface area contributed by atoms with Gasteiger partial charge in [0.1, 0.15) is 5.75 Å². The van der Waals surface area contributed by atoms with Crippen LogP contribution in [0.4, 0.5) is 0 Å². The molecule has 21 heavy (non-hydrogen) atoms. The minimum Gasteiger partial charge on any atom is -0.481 e. The van der Waals surface area contributed by atoms with Gasteiger partial charge in [-0.25, -0.2) is 0 Å². The lowest BCUT2D eigenvalue weighted by Gasteiger charge is -2.22. The van der Waals surface area contributed by atoms with E-state index in [1.165, 1.54) is 0 Å². The molecule has 2 unspecified atom stereocenters. The summed E-state index contributed by atoms with van der Waals surface area (Å²) in [4.78, 5) is 12.3. The number of unbranched alkanes of at least 4 members (excludes halogenated alkanes) is 1. The van der Waals surface area contributed by atoms with Crippen LogP contribution in [0.2, 0.25) is 0 Å². The Hall–Kier alpha value is -1.55. The highest BCUT2D eigenvalue weighted by atomic mass is 16.5. The van der Waals surface area contributed by atoms with Gasteiger partial charge >= 0.3 is 0 Å². The van der Waals surface area contributed by atoms with Gasteiger partial charge in [-0.3, -0.25) is 4.79 Å². The van der Waals surface area contributed by atoms with Crippen LogP contribution in [-0.2, 0) is 4.79 Å². The number of rotatable bonds is 9. The molecule has 2 atom stereocenters. The monoisotopic (exact) mass is 292 g/mol. The molecule has 0 radical (unpaired) electrons. The van der Waals surface area contributed by atoms with Crippen molar-refractivity contribution < 1.29 is 9.53 Å². The molecule has 1 amide bonds. The van der Waals surface area contributed by atoms with Crippen molar-refractivity contribution in [1.82, 2.24) is 5.32 Å². The molecule has 4 heteroatoms. The SMILES string of the molecule is CCCCC(CN)NC(=O)C(CC)Oc1cccc(C)c1. The van der Waals surface area contributed by atoms with Crippen molar-refractivity contribution in [3.63, 3.8) is 0 Å². The van der Waals surface area contributed by atoms with E-state index in [1.54, 1.807) is 0 Å². The van der Waals surface area contributed by atoms with Crippen molar-refractivity contribution in [1.29, 1.82) is 0 Å². The number of hydrogen-bond donors (Lipinski definition) is 2. The third kappa shape index (κ3) is 6.17. The van der Waals surface area contributed by atoms with Crippen LogP contribution in [0.3, 0.4) is 0 Å². The fourth-order valence-corrected chi connectivity index (χ4v) is 2.17. The van der Waals surface area contributed by atoms with E-state index in [1.807, 2.05) is 38.1 Å². The van der Waals surface area contributed by atoms with Gasteiger partial charge in [-0.15, -0.1) is 0 Å². The number of benzene rings is 1. The first-order valence-corrected chi connectivity index (χ1v) is 7.84. The lowest BCUT2D eigenvalue weighted by Crippen LogP contribution is -2.46. The lowest BCUT2D eigenvalue weighted by atomic mass is 10.1. The molecular weight excluding hydrogens is 264 g/mol. The maximum atomic E-state index is 12.3. The van der Waals surface area contributed by atoms with Crippen molar-refractivity contribution in [3.05, 3.63) is 29.8 Å². The fourth-order valence-electron chi connectivity index (χ4n) is 2.17. The number of carbonyl (C=O) groups excluding carboxylic acids is 1. The van der Waals surface area contributed by atoms with Crippen molar-refractivity contribution >= 4 is 5.91 Å². The van der Waals surface area contributed by atoms with Crippen molar-refractivity contribution in [3.8, 4) is 5.75 Å². The maximum Gasteiger partial charge on any atom is 0.261 e. The zero-order valence-corrected chi connectivity index (χ0v) is 13.4. The van der Waals surface area contributed by atoms with Gasteiger partial charge in [0, 0.05) is 12.6 Å². The molecule has 0 aliphatic heterocycles. The van der Waals surface area contributed by atoms with Crippen LogP contribution >= 0.6 is 0 Å². The fraction of sp³-hybridized carbons (Fsp3) is 0.588. The normalized spacial score (nSPS) is 13.5. The molecule has 3 N–H and O–H groups in total. The number of nitrogens with two attached hydrogens (primary N) is 1. The Labute approximate surface area is 128 Å². The summed E-state index contributed by atoms with van der Waals surface area (Å²) in [6.07, 6.45) is 3.24. The Morgan fingerprint density at radius 2 is 2.14 bits per heavy atom. The van der Waals surface area contributed by atoms with E-state index in [9.17, 15) is 4.79 Å². The summed E-state index contributed by atoms with van der Waals surface area (Å²) in [5.74, 6) is 0.653. The van der Waals surface area contributed by atoms with Gasteiger partial charge in [0.2, 0.25) is 0 Å². The van der Waals surface area contributed by atoms with E-state index >= 15 is 0 Å². The van der Waals surface area contributed by atoms with E-state index in [0.29, 0.717) is 13.0 Å². The minimum atomic E-state index is -0.470. The molecule has 0 aromatic heterocycles. The van der Waals surface area contributed by atoms with E-state index < -0.39 is 6.10 Å². The third-order valence-electron chi connectivity index (χ3n) is 3.47. The summed E-state index contributed by atoms with van der Waals surface area (Å²) in [7, 11) is 0. The summed E-state index contributed by atoms with van der Waals surface area (Å²) in [5, 5.41) is 3.00. The van der Waals surface area contributed by atoms with Crippen LogP contribution in [0, 0.1) is 6.92 Å². The van der Waals surface area contributed by atoms with E-state index in [4.69, 9.17) is 10.5 Å². The van der Waals surface area contributed by atoms with Gasteiger partial charge in [-0.1, -0.05) is 38.8 Å². The second kappa shape index (κ2) is 9.40. The summed E-state index contributed by atoms with van der Waals surface area (Å²) in [6.45, 7) is 6.55. The Bertz CT molecular complexity index is 435. The average Bonchev–Trinajstić information content (AvgIpc) is 2.48. The van der Waals surface area contributed by atoms with Crippen LogP contribution in [0.15, 0.2) is 24.3 Å². The first-order chi connectivity index (χ1) is 10.1. The van der Waals surface area contributed by atoms with Crippen LogP contribution in [0.25, 0.3) is 0 Å². The quantitative estimate of drug-likeness (QED) is 0.735. The number of amides is 1. The number of aryl methyl sites for hydroxylation is 1. The molecule has 1 aromatic rings. The molecular formula is C17H28N2O2. The highest BCUT2D eigenvalue weighted by Crippen LogP contribution is 2.15. The zero-order valence-electron chi connectivity index (χ0n) is 13.4. The van der Waals surface area contributed by atoms with Gasteiger partial charge in [0.15, 0.2) is 6.10 Å². The topological polar surface area (TPSA) is 64.3 Å². The molecule has 0 heterocycles. The standard InChI is InChI=1S/C17H28N2O2/c1-4-6-9-14(12-18)19-17(20)16(5-2)21-15-10-7-8-13(3)11-15/h7-8,10-11,14,16H,4-6,9,12,18H2,1-3H3,(H,19,20). The van der Waals surface area contributed by atoms with E-state index in [0.717, 1.165) is 30.6 Å². The van der Waals surface area contributed by atoms with Crippen LogP contribution in [0.1, 0.15) is 45.1 Å². The number of hydrogen-bond acceptors (Lipinski definition) is 3. The second-order valence-electron chi connectivity index (χ2n) is 5.41. The molecule has 0 fully saturated rings. The maximum absolute atomic E-state index is 12.3. The van der Waals surface area contributed by atoms with Gasteiger partial charge in [0.05, 0.1) is 0 Å². The predicted molar refractivity (Wildman–Crippen MR) is 86.4 cm³/mol. The zero-order chi connectivity index (χ0) is 15.7. The summed E-state index contributed by atoms with van der Waals surface area (Å²) in [6, 6.07) is 7.78. The highest BCUT2D eigenvalue weighted by Gasteiger charge is 2.21. The average molecular weight is 292 g/mol. The first-order valence-electron chi connectivity index (χ1n) is 7.84. The summed E-state index contributed by atoms with van der Waals surface area (Å²) >= 11 is 0. The molecule has 118 valence electrons. The molecule has 0 spiro atoms. The van der Waals surface area contributed by atoms with Crippen LogP contribution in [-0.4, -0.2) is 24.6 Å². The first kappa shape index (κ1) is 17.5. The van der Waals surface area contributed by atoms with E-state index in [-0.39, 0.29) is 11.9 Å². The van der Waals surface area contributed by atoms with Gasteiger partial charge in [-0.05, 0) is 37.5 Å². The number of ether oxygens (including phenoxy) is 1. The van der Waals surface area contributed by atoms with Gasteiger partial charge in [-0.2, -0.15) is 0 Å². The summed E-state index contributed by atoms with van der Waals surface area (Å²) in [5.41, 5.74) is 6.84. The highest BCUT2D eigenvalue weighted by molar-refractivity contribution is 5.81. The Balaban J connectivity index is 2.59. The van der Waals surface area contributed by atoms with Crippen LogP contribution in [0.5, 0.6) is 5.75 Å². The molecule has 1 aromatic carbocycles. The molecule has 0 saturated carbocycles. The molecule has 4 nitrogen and oxygen atoms in total. The molecule has 0 aliphatic rings. The molecule has 0 aliphatic carbocycles. The predicted octanol–water partition coefficient (Wildman–Crippen LogP) is 2.79. The molecule has 1 rings (SSSR count). The van der Waals surface area contributed by atoms with Crippen molar-refractivity contribution in [2.75, 3.05) is 6.54 Å². The summed E-state index contributed by atoms with van der Waals surface area (Å²) < 4.78 is 5.80. The van der Waals surface area contributed by atoms with Crippen molar-refractivity contribution in [2.45, 2.75) is 58.6 Å². The number of nitrogens with one attached hydrogen (secondary N) is 1. The Kier molecular flexibility index (Phi) is 7.83. The molecule has 0 bridgehead atoms. The van der Waals surface area contributed by atoms with E-state index in [2.05, 4.69) is 12.2 Å². The minimum absolute atomic E-state index is 0.0348. The Morgan fingerprint density at radius 1 is 1.38 bits per heavy atom. The third-order valence-corrected chi connectivity index (χ3v) is 3.47. The van der Waals surface area contributed by atoms with Gasteiger partial charge in [0.25, 0.3) is 5.91 Å². The van der Waals surface area contributed by atoms with Crippen LogP contribution < -0.4 is 15.8 Å². The smallest absolute Gasteiger partial charge is 0.261 e. The molecule has 0 saturated heterocycles.